The Bertz CT molecular complexity index is 707. The van der Waals surface area contributed by atoms with Gasteiger partial charge in [0, 0.05) is 23.3 Å². The van der Waals surface area contributed by atoms with E-state index in [9.17, 15) is 9.90 Å². The van der Waals surface area contributed by atoms with Crippen LogP contribution in [-0.2, 0) is 7.05 Å². The Morgan fingerprint density at radius 3 is 2.88 bits per heavy atom. The van der Waals surface area contributed by atoms with Gasteiger partial charge in [0.1, 0.15) is 11.4 Å². The molecule has 0 aliphatic heterocycles. The number of rotatable bonds is 1. The van der Waals surface area contributed by atoms with Crippen molar-refractivity contribution >= 4 is 28.2 Å². The molecule has 0 fully saturated rings. The van der Waals surface area contributed by atoms with E-state index in [4.69, 9.17) is 0 Å². The van der Waals surface area contributed by atoms with Crippen molar-refractivity contribution in [2.45, 2.75) is 0 Å². The van der Waals surface area contributed by atoms with Gasteiger partial charge in [-0.05, 0) is 24.3 Å². The average Bonchev–Trinajstić information content (AvgIpc) is 2.77. The Kier molecular flexibility index (Phi) is 1.63. The molecule has 4 heteroatoms. The summed E-state index contributed by atoms with van der Waals surface area (Å²) < 4.78 is 1.80. The van der Waals surface area contributed by atoms with Gasteiger partial charge in [0.25, 0.3) is 0 Å². The van der Waals surface area contributed by atoms with Crippen molar-refractivity contribution in [3.63, 3.8) is 0 Å². The molecule has 3 aromatic rings. The second-order valence-electron chi connectivity index (χ2n) is 3.86. The van der Waals surface area contributed by atoms with Crippen LogP contribution < -0.4 is 0 Å². The van der Waals surface area contributed by atoms with Crippen LogP contribution in [0.3, 0.4) is 0 Å². The van der Waals surface area contributed by atoms with E-state index in [0.29, 0.717) is 5.69 Å². The molecule has 0 amide bonds. The van der Waals surface area contributed by atoms with Crippen molar-refractivity contribution in [3.8, 4) is 5.75 Å². The molecule has 2 N–H and O–H groups in total. The number of carbonyl (C=O) groups is 1. The highest BCUT2D eigenvalue weighted by Crippen LogP contribution is 2.29. The number of phenolic OH excluding ortho intramolecular Hbond substituents is 1. The van der Waals surface area contributed by atoms with Crippen LogP contribution in [0.2, 0.25) is 0 Å². The number of fused-ring (bicyclic) bond motifs is 3. The van der Waals surface area contributed by atoms with Crippen molar-refractivity contribution in [3.05, 3.63) is 30.0 Å². The summed E-state index contributed by atoms with van der Waals surface area (Å²) in [4.78, 5) is 14.0. The van der Waals surface area contributed by atoms with E-state index in [-0.39, 0.29) is 5.75 Å². The first-order valence-corrected chi connectivity index (χ1v) is 4.96. The number of aldehydes is 1. The van der Waals surface area contributed by atoms with Crippen molar-refractivity contribution in [1.29, 1.82) is 0 Å². The van der Waals surface area contributed by atoms with Gasteiger partial charge in [0.05, 0.1) is 5.69 Å². The second-order valence-corrected chi connectivity index (χ2v) is 3.86. The number of hydrogen-bond acceptors (Lipinski definition) is 2. The van der Waals surface area contributed by atoms with E-state index >= 15 is 0 Å². The molecule has 4 nitrogen and oxygen atoms in total. The fourth-order valence-corrected chi connectivity index (χ4v) is 2.08. The van der Waals surface area contributed by atoms with E-state index in [0.717, 1.165) is 28.2 Å². The van der Waals surface area contributed by atoms with E-state index in [1.165, 1.54) is 0 Å². The number of aryl methyl sites for hydroxylation is 1. The summed E-state index contributed by atoms with van der Waals surface area (Å²) in [7, 11) is 1.83. The highest BCUT2D eigenvalue weighted by molar-refractivity contribution is 6.08. The molecule has 0 aliphatic carbocycles. The summed E-state index contributed by atoms with van der Waals surface area (Å²) in [5.74, 6) is 0.227. The standard InChI is InChI=1S/C12H10N2O2/c1-14-7(6-15)4-10-9-5-8(16)2-3-11(9)13-12(10)14/h2-6,13,16H,1H3. The number of aromatic nitrogens is 2. The van der Waals surface area contributed by atoms with Crippen molar-refractivity contribution < 1.29 is 9.90 Å². The molecule has 0 atom stereocenters. The van der Waals surface area contributed by atoms with Gasteiger partial charge in [-0.1, -0.05) is 0 Å². The lowest BCUT2D eigenvalue weighted by atomic mass is 10.2. The summed E-state index contributed by atoms with van der Waals surface area (Å²) in [6.45, 7) is 0. The van der Waals surface area contributed by atoms with Crippen LogP contribution >= 0.6 is 0 Å². The maximum absolute atomic E-state index is 10.8. The first kappa shape index (κ1) is 9.03. The summed E-state index contributed by atoms with van der Waals surface area (Å²) >= 11 is 0. The topological polar surface area (TPSA) is 58.0 Å². The summed E-state index contributed by atoms with van der Waals surface area (Å²) in [6, 6.07) is 6.98. The molecule has 0 saturated carbocycles. The van der Waals surface area contributed by atoms with Gasteiger partial charge in [-0.3, -0.25) is 4.79 Å². The van der Waals surface area contributed by atoms with Crippen molar-refractivity contribution in [2.24, 2.45) is 7.05 Å². The van der Waals surface area contributed by atoms with Crippen LogP contribution in [0.4, 0.5) is 0 Å². The minimum absolute atomic E-state index is 0.227. The fourth-order valence-electron chi connectivity index (χ4n) is 2.08. The Morgan fingerprint density at radius 1 is 1.31 bits per heavy atom. The molecule has 2 heterocycles. The predicted octanol–water partition coefficient (Wildman–Crippen LogP) is 2.18. The predicted molar refractivity (Wildman–Crippen MR) is 61.8 cm³/mol. The quantitative estimate of drug-likeness (QED) is 0.610. The SMILES string of the molecule is Cn1c(C=O)cc2c3cc(O)ccc3[nH]c21. The number of phenols is 1. The number of aromatic amines is 1. The largest absolute Gasteiger partial charge is 0.508 e. The van der Waals surface area contributed by atoms with Crippen LogP contribution in [0.15, 0.2) is 24.3 Å². The molecular formula is C12H10N2O2. The Balaban J connectivity index is 2.51. The van der Waals surface area contributed by atoms with Crippen molar-refractivity contribution in [1.82, 2.24) is 9.55 Å². The Labute approximate surface area is 91.1 Å². The monoisotopic (exact) mass is 214 g/mol. The van der Waals surface area contributed by atoms with Gasteiger partial charge in [-0.2, -0.15) is 0 Å². The number of carbonyl (C=O) groups excluding carboxylic acids is 1. The van der Waals surface area contributed by atoms with Gasteiger partial charge in [-0.25, -0.2) is 0 Å². The van der Waals surface area contributed by atoms with Crippen molar-refractivity contribution in [2.75, 3.05) is 0 Å². The molecule has 0 unspecified atom stereocenters. The molecule has 80 valence electrons. The minimum Gasteiger partial charge on any atom is -0.508 e. The van der Waals surface area contributed by atoms with E-state index in [1.54, 1.807) is 16.7 Å². The zero-order chi connectivity index (χ0) is 11.3. The van der Waals surface area contributed by atoms with E-state index < -0.39 is 0 Å². The molecule has 0 radical (unpaired) electrons. The number of nitrogens with zero attached hydrogens (tertiary/aromatic N) is 1. The lowest BCUT2D eigenvalue weighted by molar-refractivity contribution is 0.111. The zero-order valence-electron chi connectivity index (χ0n) is 8.69. The number of hydrogen-bond donors (Lipinski definition) is 2. The summed E-state index contributed by atoms with van der Waals surface area (Å²) in [5, 5.41) is 11.3. The molecule has 2 aromatic heterocycles. The molecule has 3 rings (SSSR count). The lowest BCUT2D eigenvalue weighted by Gasteiger charge is -1.94. The average molecular weight is 214 g/mol. The maximum atomic E-state index is 10.8. The van der Waals surface area contributed by atoms with Crippen LogP contribution in [0.5, 0.6) is 5.75 Å². The highest BCUT2D eigenvalue weighted by atomic mass is 16.3. The number of nitrogens with one attached hydrogen (secondary N) is 1. The van der Waals surface area contributed by atoms with E-state index in [2.05, 4.69) is 4.98 Å². The Morgan fingerprint density at radius 2 is 2.12 bits per heavy atom. The van der Waals surface area contributed by atoms with E-state index in [1.807, 2.05) is 19.2 Å². The normalized spacial score (nSPS) is 11.3. The molecule has 1 aromatic carbocycles. The highest BCUT2D eigenvalue weighted by Gasteiger charge is 2.11. The van der Waals surface area contributed by atoms with Gasteiger partial charge in [0.15, 0.2) is 6.29 Å². The van der Waals surface area contributed by atoms with Gasteiger partial charge >= 0.3 is 0 Å². The number of benzene rings is 1. The molecule has 16 heavy (non-hydrogen) atoms. The van der Waals surface area contributed by atoms with Gasteiger partial charge in [0.2, 0.25) is 0 Å². The van der Waals surface area contributed by atoms with Gasteiger partial charge in [-0.15, -0.1) is 0 Å². The molecule has 0 saturated heterocycles. The Hall–Kier alpha value is -2.23. The van der Waals surface area contributed by atoms with Crippen LogP contribution in [0.25, 0.3) is 21.9 Å². The van der Waals surface area contributed by atoms with Gasteiger partial charge < -0.3 is 14.7 Å². The van der Waals surface area contributed by atoms with Crippen LogP contribution in [0.1, 0.15) is 10.5 Å². The zero-order valence-corrected chi connectivity index (χ0v) is 8.69. The molecule has 0 spiro atoms. The smallest absolute Gasteiger partial charge is 0.166 e. The maximum Gasteiger partial charge on any atom is 0.166 e. The lowest BCUT2D eigenvalue weighted by Crippen LogP contribution is -1.93. The number of aromatic hydroxyl groups is 1. The molecule has 0 aliphatic rings. The summed E-state index contributed by atoms with van der Waals surface area (Å²) in [6.07, 6.45) is 0.822. The van der Waals surface area contributed by atoms with Crippen LogP contribution in [-0.4, -0.2) is 20.9 Å². The summed E-state index contributed by atoms with van der Waals surface area (Å²) in [5.41, 5.74) is 2.46. The third-order valence-corrected chi connectivity index (χ3v) is 2.94. The number of H-pyrrole nitrogens is 1. The minimum atomic E-state index is 0.227. The fraction of sp³-hybridized carbons (Fsp3) is 0.0833. The third-order valence-electron chi connectivity index (χ3n) is 2.94. The first-order chi connectivity index (χ1) is 7.70. The third kappa shape index (κ3) is 1.01. The molecule has 0 bridgehead atoms. The molecular weight excluding hydrogens is 204 g/mol. The van der Waals surface area contributed by atoms with Crippen LogP contribution in [0, 0.1) is 0 Å². The first-order valence-electron chi connectivity index (χ1n) is 4.96. The second kappa shape index (κ2) is 2.88.